The molecule has 0 aliphatic carbocycles. The first-order chi connectivity index (χ1) is 9.20. The fourth-order valence-electron chi connectivity index (χ4n) is 2.88. The molecule has 1 aromatic rings. The second-order valence-corrected chi connectivity index (χ2v) is 5.93. The molecule has 1 aliphatic rings. The Balaban J connectivity index is 2.08. The van der Waals surface area contributed by atoms with E-state index >= 15 is 0 Å². The van der Waals surface area contributed by atoms with Crippen molar-refractivity contribution in [1.29, 1.82) is 0 Å². The predicted molar refractivity (Wildman–Crippen MR) is 80.4 cm³/mol. The maximum Gasteiger partial charge on any atom is 0.0770 e. The average molecular weight is 261 g/mol. The third-order valence-corrected chi connectivity index (χ3v) is 3.74. The third-order valence-electron chi connectivity index (χ3n) is 3.74. The summed E-state index contributed by atoms with van der Waals surface area (Å²) in [7, 11) is 0. The highest BCUT2D eigenvalue weighted by molar-refractivity contribution is 5.26. The smallest absolute Gasteiger partial charge is 0.0770 e. The molecule has 1 heterocycles. The number of hydrogen-bond donors (Lipinski definition) is 1. The van der Waals surface area contributed by atoms with Crippen molar-refractivity contribution in [1.82, 2.24) is 5.32 Å². The molecule has 0 amide bonds. The topological polar surface area (TPSA) is 21.3 Å². The second-order valence-electron chi connectivity index (χ2n) is 5.93. The molecule has 0 aromatic heterocycles. The van der Waals surface area contributed by atoms with Crippen LogP contribution in [0.15, 0.2) is 24.3 Å². The summed E-state index contributed by atoms with van der Waals surface area (Å²) in [5.74, 6) is 0.716. The van der Waals surface area contributed by atoms with Crippen LogP contribution in [0.25, 0.3) is 0 Å². The van der Waals surface area contributed by atoms with Crippen LogP contribution in [0, 0.1) is 5.92 Å². The first-order valence-electron chi connectivity index (χ1n) is 7.64. The normalized spacial score (nSPS) is 20.9. The number of benzene rings is 1. The molecule has 1 aromatic carbocycles. The number of likely N-dealkylation sites (N-methyl/N-ethyl adjacent to an activating group) is 1. The highest BCUT2D eigenvalue weighted by atomic mass is 16.5. The number of ether oxygens (including phenoxy) is 1. The molecule has 2 atom stereocenters. The number of hydrogen-bond acceptors (Lipinski definition) is 2. The molecule has 1 fully saturated rings. The molecule has 2 heteroatoms. The Morgan fingerprint density at radius 1 is 1.26 bits per heavy atom. The molecule has 0 bridgehead atoms. The largest absolute Gasteiger partial charge is 0.376 e. The van der Waals surface area contributed by atoms with Gasteiger partial charge in [0.1, 0.15) is 0 Å². The molecule has 2 unspecified atom stereocenters. The summed E-state index contributed by atoms with van der Waals surface area (Å²) in [4.78, 5) is 0. The summed E-state index contributed by atoms with van der Waals surface area (Å²) in [6.07, 6.45) is 3.87. The molecular formula is C17H27NO. The third kappa shape index (κ3) is 4.05. The van der Waals surface area contributed by atoms with Crippen LogP contribution >= 0.6 is 0 Å². The van der Waals surface area contributed by atoms with Crippen LogP contribution in [-0.4, -0.2) is 19.3 Å². The van der Waals surface area contributed by atoms with Crippen molar-refractivity contribution < 1.29 is 4.74 Å². The van der Waals surface area contributed by atoms with Gasteiger partial charge >= 0.3 is 0 Å². The molecule has 2 rings (SSSR count). The zero-order valence-corrected chi connectivity index (χ0v) is 12.5. The van der Waals surface area contributed by atoms with Crippen LogP contribution in [0.5, 0.6) is 0 Å². The summed E-state index contributed by atoms with van der Waals surface area (Å²) < 4.78 is 5.85. The fraction of sp³-hybridized carbons (Fsp3) is 0.647. The zero-order chi connectivity index (χ0) is 13.7. The molecule has 0 spiro atoms. The molecule has 0 radical (unpaired) electrons. The average Bonchev–Trinajstić information content (AvgIpc) is 2.90. The van der Waals surface area contributed by atoms with Crippen molar-refractivity contribution in [3.63, 3.8) is 0 Å². The molecule has 2 nitrogen and oxygen atoms in total. The van der Waals surface area contributed by atoms with E-state index in [0.717, 1.165) is 19.6 Å². The highest BCUT2D eigenvalue weighted by Crippen LogP contribution is 2.27. The lowest BCUT2D eigenvalue weighted by molar-refractivity contribution is 0.0788. The highest BCUT2D eigenvalue weighted by Gasteiger charge is 2.26. The molecular weight excluding hydrogens is 234 g/mol. The predicted octanol–water partition coefficient (Wildman–Crippen LogP) is 3.71. The molecule has 106 valence electrons. The zero-order valence-electron chi connectivity index (χ0n) is 12.5. The Labute approximate surface area is 117 Å². The maximum atomic E-state index is 5.85. The van der Waals surface area contributed by atoms with Crippen LogP contribution in [0.2, 0.25) is 0 Å². The van der Waals surface area contributed by atoms with Crippen molar-refractivity contribution in [2.24, 2.45) is 5.92 Å². The van der Waals surface area contributed by atoms with Gasteiger partial charge in [-0.3, -0.25) is 0 Å². The van der Waals surface area contributed by atoms with Gasteiger partial charge in [-0.15, -0.1) is 0 Å². The minimum Gasteiger partial charge on any atom is -0.376 e. The Hall–Kier alpha value is -0.860. The Kier molecular flexibility index (Phi) is 5.41. The lowest BCUT2D eigenvalue weighted by atomic mass is 9.96. The van der Waals surface area contributed by atoms with Crippen LogP contribution in [0.3, 0.4) is 0 Å². The SMILES string of the molecule is CCNC(c1ccc(CC(C)C)cc1)C1CCCO1. The van der Waals surface area contributed by atoms with E-state index in [-0.39, 0.29) is 0 Å². The Morgan fingerprint density at radius 3 is 2.53 bits per heavy atom. The van der Waals surface area contributed by atoms with Crippen LogP contribution < -0.4 is 5.32 Å². The first kappa shape index (κ1) is 14.5. The van der Waals surface area contributed by atoms with Gasteiger partial charge in [-0.1, -0.05) is 45.0 Å². The van der Waals surface area contributed by atoms with Gasteiger partial charge < -0.3 is 10.1 Å². The summed E-state index contributed by atoms with van der Waals surface area (Å²) in [6, 6.07) is 9.43. The van der Waals surface area contributed by atoms with E-state index in [2.05, 4.69) is 50.4 Å². The van der Waals surface area contributed by atoms with Gasteiger partial charge in [-0.05, 0) is 42.9 Å². The van der Waals surface area contributed by atoms with Gasteiger partial charge in [0.2, 0.25) is 0 Å². The Bertz CT molecular complexity index is 365. The maximum absolute atomic E-state index is 5.85. The monoisotopic (exact) mass is 261 g/mol. The van der Waals surface area contributed by atoms with Gasteiger partial charge in [0.15, 0.2) is 0 Å². The Morgan fingerprint density at radius 2 is 2.00 bits per heavy atom. The summed E-state index contributed by atoms with van der Waals surface area (Å²) in [5.41, 5.74) is 2.79. The lowest BCUT2D eigenvalue weighted by Gasteiger charge is -2.24. The van der Waals surface area contributed by atoms with Gasteiger partial charge in [0.05, 0.1) is 12.1 Å². The molecule has 1 aliphatic heterocycles. The molecule has 1 N–H and O–H groups in total. The van der Waals surface area contributed by atoms with E-state index in [9.17, 15) is 0 Å². The van der Waals surface area contributed by atoms with Crippen LogP contribution in [0.1, 0.15) is 50.8 Å². The van der Waals surface area contributed by atoms with Crippen molar-refractivity contribution in [2.45, 2.75) is 52.2 Å². The molecule has 1 saturated heterocycles. The van der Waals surface area contributed by atoms with Crippen molar-refractivity contribution in [3.05, 3.63) is 35.4 Å². The van der Waals surface area contributed by atoms with Gasteiger partial charge in [-0.2, -0.15) is 0 Å². The molecule has 19 heavy (non-hydrogen) atoms. The number of rotatable bonds is 6. The summed E-state index contributed by atoms with van der Waals surface area (Å²) in [6.45, 7) is 8.59. The van der Waals surface area contributed by atoms with Gasteiger partial charge in [-0.25, -0.2) is 0 Å². The van der Waals surface area contributed by atoms with E-state index in [1.165, 1.54) is 24.0 Å². The van der Waals surface area contributed by atoms with E-state index in [4.69, 9.17) is 4.74 Å². The standard InChI is InChI=1S/C17H27NO/c1-4-18-17(16-6-5-11-19-16)15-9-7-14(8-10-15)12-13(2)3/h7-10,13,16-18H,4-6,11-12H2,1-3H3. The van der Waals surface area contributed by atoms with E-state index < -0.39 is 0 Å². The van der Waals surface area contributed by atoms with Crippen molar-refractivity contribution in [3.8, 4) is 0 Å². The lowest BCUT2D eigenvalue weighted by Crippen LogP contribution is -2.31. The van der Waals surface area contributed by atoms with Gasteiger partial charge in [0.25, 0.3) is 0 Å². The summed E-state index contributed by atoms with van der Waals surface area (Å²) >= 11 is 0. The minimum absolute atomic E-state index is 0.343. The van der Waals surface area contributed by atoms with Gasteiger partial charge in [0, 0.05) is 6.61 Å². The second kappa shape index (κ2) is 7.06. The summed E-state index contributed by atoms with van der Waals surface area (Å²) in [5, 5.41) is 3.58. The fourth-order valence-corrected chi connectivity index (χ4v) is 2.88. The quantitative estimate of drug-likeness (QED) is 0.843. The molecule has 0 saturated carbocycles. The van der Waals surface area contributed by atoms with E-state index in [1.54, 1.807) is 0 Å². The van der Waals surface area contributed by atoms with E-state index in [1.807, 2.05) is 0 Å². The van der Waals surface area contributed by atoms with Crippen LogP contribution in [-0.2, 0) is 11.2 Å². The minimum atomic E-state index is 0.343. The van der Waals surface area contributed by atoms with Crippen LogP contribution in [0.4, 0.5) is 0 Å². The van der Waals surface area contributed by atoms with Crippen molar-refractivity contribution >= 4 is 0 Å². The first-order valence-corrected chi connectivity index (χ1v) is 7.64. The number of nitrogens with one attached hydrogen (secondary N) is 1. The van der Waals surface area contributed by atoms with Crippen molar-refractivity contribution in [2.75, 3.05) is 13.2 Å². The van der Waals surface area contributed by atoms with E-state index in [0.29, 0.717) is 18.1 Å².